The van der Waals surface area contributed by atoms with Gasteiger partial charge < -0.3 is 15.1 Å². The monoisotopic (exact) mass is 288 g/mol. The molecule has 0 spiro atoms. The van der Waals surface area contributed by atoms with Gasteiger partial charge in [-0.3, -0.25) is 9.59 Å². The molecule has 1 atom stereocenters. The van der Waals surface area contributed by atoms with Gasteiger partial charge >= 0.3 is 0 Å². The van der Waals surface area contributed by atoms with Crippen molar-refractivity contribution >= 4 is 17.6 Å². The summed E-state index contributed by atoms with van der Waals surface area (Å²) < 4.78 is 0. The molecule has 1 aromatic heterocycles. The third kappa shape index (κ3) is 2.40. The summed E-state index contributed by atoms with van der Waals surface area (Å²) in [5.41, 5.74) is 1.51. The number of amides is 2. The number of fused-ring (bicyclic) bond motifs is 2. The van der Waals surface area contributed by atoms with Crippen LogP contribution in [0.15, 0.2) is 12.3 Å². The van der Waals surface area contributed by atoms with Crippen LogP contribution in [0.25, 0.3) is 0 Å². The lowest BCUT2D eigenvalue weighted by atomic mass is 10.0. The minimum Gasteiger partial charge on any atom is -0.324 e. The van der Waals surface area contributed by atoms with E-state index in [4.69, 9.17) is 0 Å². The second kappa shape index (κ2) is 5.11. The number of pyridine rings is 1. The van der Waals surface area contributed by atoms with Gasteiger partial charge in [0, 0.05) is 25.8 Å². The predicted octanol–water partition coefficient (Wildman–Crippen LogP) is 0.913. The molecule has 1 aromatic rings. The molecule has 1 fully saturated rings. The Morgan fingerprint density at radius 3 is 2.81 bits per heavy atom. The van der Waals surface area contributed by atoms with Gasteiger partial charge in [-0.05, 0) is 24.6 Å². The average molecular weight is 288 g/mol. The van der Waals surface area contributed by atoms with Crippen molar-refractivity contribution < 1.29 is 9.59 Å². The molecule has 0 aromatic carbocycles. The van der Waals surface area contributed by atoms with Crippen molar-refractivity contribution in [2.45, 2.75) is 25.8 Å². The first-order valence-corrected chi connectivity index (χ1v) is 7.27. The van der Waals surface area contributed by atoms with Crippen molar-refractivity contribution in [1.82, 2.24) is 14.8 Å². The number of carbonyl (C=O) groups excluding carboxylic acids is 2. The van der Waals surface area contributed by atoms with Crippen LogP contribution in [0.4, 0.5) is 5.82 Å². The zero-order valence-electron chi connectivity index (χ0n) is 12.6. The Labute approximate surface area is 124 Å². The Morgan fingerprint density at radius 1 is 1.33 bits per heavy atom. The van der Waals surface area contributed by atoms with Gasteiger partial charge in [-0.25, -0.2) is 4.98 Å². The van der Waals surface area contributed by atoms with Crippen molar-refractivity contribution in [2.75, 3.05) is 32.0 Å². The average Bonchev–Trinajstić information content (AvgIpc) is 2.55. The lowest BCUT2D eigenvalue weighted by Crippen LogP contribution is -2.57. The summed E-state index contributed by atoms with van der Waals surface area (Å²) in [6.07, 6.45) is 1.73. The van der Waals surface area contributed by atoms with E-state index in [0.29, 0.717) is 24.5 Å². The number of hydrogen-bond donors (Lipinski definition) is 1. The summed E-state index contributed by atoms with van der Waals surface area (Å²) in [6, 6.07) is 1.42. The molecule has 2 aliphatic rings. The molecule has 6 nitrogen and oxygen atoms in total. The van der Waals surface area contributed by atoms with Crippen molar-refractivity contribution in [3.63, 3.8) is 0 Å². The minimum atomic E-state index is -0.437. The van der Waals surface area contributed by atoms with Gasteiger partial charge in [0.2, 0.25) is 5.91 Å². The molecule has 0 bridgehead atoms. The Kier molecular flexibility index (Phi) is 3.41. The van der Waals surface area contributed by atoms with Crippen LogP contribution in [0, 0.1) is 0 Å². The lowest BCUT2D eigenvalue weighted by Gasteiger charge is -2.37. The maximum absolute atomic E-state index is 12.8. The molecular formula is C15H20N4O2. The molecule has 3 rings (SSSR count). The summed E-state index contributed by atoms with van der Waals surface area (Å²) in [7, 11) is 1.96. The van der Waals surface area contributed by atoms with Gasteiger partial charge in [0.1, 0.15) is 11.9 Å². The number of hydrogen-bond acceptors (Lipinski definition) is 4. The fourth-order valence-corrected chi connectivity index (χ4v) is 2.80. The quantitative estimate of drug-likeness (QED) is 0.834. The van der Waals surface area contributed by atoms with Crippen LogP contribution >= 0.6 is 0 Å². The van der Waals surface area contributed by atoms with E-state index in [9.17, 15) is 9.59 Å². The largest absolute Gasteiger partial charge is 0.324 e. The van der Waals surface area contributed by atoms with Gasteiger partial charge in [0.15, 0.2) is 0 Å². The highest BCUT2D eigenvalue weighted by Crippen LogP contribution is 2.26. The van der Waals surface area contributed by atoms with Gasteiger partial charge in [0.05, 0.1) is 5.56 Å². The topological polar surface area (TPSA) is 65.5 Å². The lowest BCUT2D eigenvalue weighted by molar-refractivity contribution is -0.122. The van der Waals surface area contributed by atoms with Crippen LogP contribution in [-0.4, -0.2) is 59.3 Å². The maximum atomic E-state index is 12.8. The number of anilines is 1. The number of rotatable bonds is 1. The van der Waals surface area contributed by atoms with E-state index in [1.165, 1.54) is 0 Å². The Bertz CT molecular complexity index is 599. The Hall–Kier alpha value is -1.95. The molecule has 21 heavy (non-hydrogen) atoms. The van der Waals surface area contributed by atoms with E-state index in [0.717, 1.165) is 12.1 Å². The first-order chi connectivity index (χ1) is 9.97. The van der Waals surface area contributed by atoms with Crippen molar-refractivity contribution in [3.05, 3.63) is 23.4 Å². The molecule has 0 saturated carbocycles. The smallest absolute Gasteiger partial charge is 0.258 e. The predicted molar refractivity (Wildman–Crippen MR) is 79.3 cm³/mol. The molecule has 1 N–H and O–H groups in total. The zero-order valence-corrected chi connectivity index (χ0v) is 12.6. The van der Waals surface area contributed by atoms with Crippen LogP contribution < -0.4 is 5.32 Å². The molecular weight excluding hydrogens is 268 g/mol. The summed E-state index contributed by atoms with van der Waals surface area (Å²) >= 11 is 0. The van der Waals surface area contributed by atoms with E-state index in [1.54, 1.807) is 11.1 Å². The highest BCUT2D eigenvalue weighted by molar-refractivity contribution is 6.09. The summed E-state index contributed by atoms with van der Waals surface area (Å²) in [4.78, 5) is 33.1. The molecule has 0 radical (unpaired) electrons. The van der Waals surface area contributed by atoms with E-state index in [-0.39, 0.29) is 17.7 Å². The zero-order chi connectivity index (χ0) is 15.1. The Balaban J connectivity index is 2.03. The fraction of sp³-hybridized carbons (Fsp3) is 0.533. The number of aromatic nitrogens is 1. The molecule has 1 saturated heterocycles. The summed E-state index contributed by atoms with van der Waals surface area (Å²) in [6.45, 7) is 6.02. The van der Waals surface area contributed by atoms with Crippen LogP contribution in [0.5, 0.6) is 0 Å². The molecule has 3 heterocycles. The van der Waals surface area contributed by atoms with E-state index in [2.05, 4.69) is 29.0 Å². The van der Waals surface area contributed by atoms with Gasteiger partial charge in [-0.2, -0.15) is 0 Å². The maximum Gasteiger partial charge on any atom is 0.258 e. The molecule has 112 valence electrons. The fourth-order valence-electron chi connectivity index (χ4n) is 2.80. The van der Waals surface area contributed by atoms with E-state index < -0.39 is 6.04 Å². The minimum absolute atomic E-state index is 0.101. The highest BCUT2D eigenvalue weighted by atomic mass is 16.2. The number of likely N-dealkylation sites (N-methyl/N-ethyl adjacent to an activating group) is 1. The van der Waals surface area contributed by atoms with E-state index >= 15 is 0 Å². The van der Waals surface area contributed by atoms with Crippen LogP contribution in [0.1, 0.15) is 35.7 Å². The molecule has 6 heteroatoms. The van der Waals surface area contributed by atoms with Crippen LogP contribution in [0.3, 0.4) is 0 Å². The number of nitrogens with one attached hydrogen (secondary N) is 1. The van der Waals surface area contributed by atoms with Crippen LogP contribution in [-0.2, 0) is 4.79 Å². The first-order valence-electron chi connectivity index (χ1n) is 7.27. The number of piperazine rings is 1. The third-order valence-corrected chi connectivity index (χ3v) is 4.19. The van der Waals surface area contributed by atoms with Gasteiger partial charge in [-0.1, -0.05) is 13.8 Å². The van der Waals surface area contributed by atoms with E-state index in [1.807, 2.05) is 13.1 Å². The van der Waals surface area contributed by atoms with Crippen LogP contribution in [0.2, 0.25) is 0 Å². The Morgan fingerprint density at radius 2 is 2.10 bits per heavy atom. The molecule has 2 amide bonds. The molecule has 1 unspecified atom stereocenters. The standard InChI is InChI=1S/C15H20N4O2/c1-9(2)10-6-11-13(16-7-10)17-14(20)12-8-18(3)4-5-19(12)15(11)21/h6-7,9,12H,4-5,8H2,1-3H3,(H,16,17,20). The van der Waals surface area contributed by atoms with Crippen molar-refractivity contribution in [2.24, 2.45) is 0 Å². The van der Waals surface area contributed by atoms with Crippen molar-refractivity contribution in [1.29, 1.82) is 0 Å². The highest BCUT2D eigenvalue weighted by Gasteiger charge is 2.38. The summed E-state index contributed by atoms with van der Waals surface area (Å²) in [5.74, 6) is 0.416. The number of carbonyl (C=O) groups is 2. The second-order valence-corrected chi connectivity index (χ2v) is 6.09. The second-order valence-electron chi connectivity index (χ2n) is 6.09. The third-order valence-electron chi connectivity index (χ3n) is 4.19. The van der Waals surface area contributed by atoms with Gasteiger partial charge in [-0.15, -0.1) is 0 Å². The van der Waals surface area contributed by atoms with Gasteiger partial charge in [0.25, 0.3) is 5.91 Å². The summed E-state index contributed by atoms with van der Waals surface area (Å²) in [5, 5.41) is 2.80. The van der Waals surface area contributed by atoms with Crippen molar-refractivity contribution in [3.8, 4) is 0 Å². The molecule has 2 aliphatic heterocycles. The normalized spacial score (nSPS) is 22.7. The molecule has 0 aliphatic carbocycles. The SMILES string of the molecule is CC(C)c1cnc2c(c1)C(=O)N1CCN(C)CC1C(=O)N2. The first kappa shape index (κ1) is 14.0. The number of nitrogens with zero attached hydrogens (tertiary/aromatic N) is 3.